The highest BCUT2D eigenvalue weighted by Gasteiger charge is 2.27. The molecule has 0 radical (unpaired) electrons. The van der Waals surface area contributed by atoms with Crippen LogP contribution in [0.3, 0.4) is 0 Å². The van der Waals surface area contributed by atoms with Crippen molar-refractivity contribution >= 4 is 15.9 Å². The Kier molecular flexibility index (Phi) is 5.51. The van der Waals surface area contributed by atoms with Crippen LogP contribution < -0.4 is 10.0 Å². The fraction of sp³-hybridized carbons (Fsp3) is 0.312. The fourth-order valence-corrected chi connectivity index (χ4v) is 3.08. The van der Waals surface area contributed by atoms with Crippen LogP contribution in [0.15, 0.2) is 53.5 Å². The molecule has 118 valence electrons. The highest BCUT2D eigenvalue weighted by molar-refractivity contribution is 7.89. The minimum Gasteiger partial charge on any atom is -0.348 e. The first-order chi connectivity index (χ1) is 10.5. The molecule has 0 atom stereocenters. The van der Waals surface area contributed by atoms with Gasteiger partial charge in [0.15, 0.2) is 0 Å². The van der Waals surface area contributed by atoms with Gasteiger partial charge in [0, 0.05) is 18.7 Å². The largest absolute Gasteiger partial charge is 0.348 e. The number of nitrogens with one attached hydrogen (secondary N) is 2. The highest BCUT2D eigenvalue weighted by Crippen LogP contribution is 2.22. The van der Waals surface area contributed by atoms with Gasteiger partial charge in [-0.15, -0.1) is 0 Å². The van der Waals surface area contributed by atoms with E-state index in [4.69, 9.17) is 0 Å². The van der Waals surface area contributed by atoms with Gasteiger partial charge in [-0.2, -0.15) is 0 Å². The van der Waals surface area contributed by atoms with Gasteiger partial charge in [-0.3, -0.25) is 4.79 Å². The lowest BCUT2D eigenvalue weighted by Crippen LogP contribution is -2.25. The second-order valence-electron chi connectivity index (χ2n) is 5.14. The van der Waals surface area contributed by atoms with Gasteiger partial charge < -0.3 is 5.32 Å². The Balaban J connectivity index is 1.90. The molecule has 1 aliphatic carbocycles. The standard InChI is InChI=1S/C16H20N2O3S/c1-2-3-4-5-16(19)17-12-13-6-10-15(11-7-13)22(20,21)18-14-8-9-14/h2-7,10-11,14,18H,8-9,12H2,1H3,(H,17,19)/b3-2+,5-4-. The van der Waals surface area contributed by atoms with Crippen LogP contribution in [0.4, 0.5) is 0 Å². The van der Waals surface area contributed by atoms with Gasteiger partial charge in [-0.1, -0.05) is 30.4 Å². The summed E-state index contributed by atoms with van der Waals surface area (Å²) in [6.07, 6.45) is 8.52. The van der Waals surface area contributed by atoms with E-state index in [0.717, 1.165) is 18.4 Å². The van der Waals surface area contributed by atoms with E-state index < -0.39 is 10.0 Å². The second-order valence-corrected chi connectivity index (χ2v) is 6.86. The molecule has 0 bridgehead atoms. The van der Waals surface area contributed by atoms with Gasteiger partial charge in [0.1, 0.15) is 0 Å². The molecule has 1 aliphatic rings. The Morgan fingerprint density at radius 2 is 1.91 bits per heavy atom. The van der Waals surface area contributed by atoms with Crippen LogP contribution in [0.2, 0.25) is 0 Å². The minimum absolute atomic E-state index is 0.0907. The summed E-state index contributed by atoms with van der Waals surface area (Å²) >= 11 is 0. The van der Waals surface area contributed by atoms with Crippen LogP contribution in [-0.2, 0) is 21.4 Å². The lowest BCUT2D eigenvalue weighted by molar-refractivity contribution is -0.116. The first-order valence-electron chi connectivity index (χ1n) is 7.20. The predicted octanol–water partition coefficient (Wildman–Crippen LogP) is 1.88. The van der Waals surface area contributed by atoms with Crippen molar-refractivity contribution in [2.45, 2.75) is 37.2 Å². The summed E-state index contributed by atoms with van der Waals surface area (Å²) in [6, 6.07) is 6.62. The van der Waals surface area contributed by atoms with E-state index in [2.05, 4.69) is 10.0 Å². The maximum atomic E-state index is 12.0. The van der Waals surface area contributed by atoms with Crippen LogP contribution in [-0.4, -0.2) is 20.4 Å². The Bertz CT molecular complexity index is 672. The van der Waals surface area contributed by atoms with E-state index in [0.29, 0.717) is 6.54 Å². The molecule has 0 spiro atoms. The van der Waals surface area contributed by atoms with Gasteiger partial charge in [0.25, 0.3) is 0 Å². The summed E-state index contributed by atoms with van der Waals surface area (Å²) in [7, 11) is -3.42. The maximum Gasteiger partial charge on any atom is 0.244 e. The van der Waals surface area contributed by atoms with Crippen molar-refractivity contribution in [3.8, 4) is 0 Å². The lowest BCUT2D eigenvalue weighted by atomic mass is 10.2. The smallest absolute Gasteiger partial charge is 0.244 e. The van der Waals surface area contributed by atoms with E-state index in [-0.39, 0.29) is 16.8 Å². The van der Waals surface area contributed by atoms with E-state index >= 15 is 0 Å². The Morgan fingerprint density at radius 3 is 2.50 bits per heavy atom. The monoisotopic (exact) mass is 320 g/mol. The number of rotatable bonds is 7. The molecule has 1 aromatic rings. The number of amides is 1. The van der Waals surface area contributed by atoms with Crippen molar-refractivity contribution in [2.75, 3.05) is 0 Å². The van der Waals surface area contributed by atoms with Crippen LogP contribution >= 0.6 is 0 Å². The van der Waals surface area contributed by atoms with Gasteiger partial charge in [0.2, 0.25) is 15.9 Å². The number of sulfonamides is 1. The zero-order valence-corrected chi connectivity index (χ0v) is 13.3. The summed E-state index contributed by atoms with van der Waals surface area (Å²) in [5.74, 6) is -0.190. The van der Waals surface area contributed by atoms with Crippen molar-refractivity contribution in [2.24, 2.45) is 0 Å². The van der Waals surface area contributed by atoms with E-state index in [9.17, 15) is 13.2 Å². The van der Waals surface area contributed by atoms with Gasteiger partial charge >= 0.3 is 0 Å². The average molecular weight is 320 g/mol. The van der Waals surface area contributed by atoms with Gasteiger partial charge in [-0.25, -0.2) is 13.1 Å². The van der Waals surface area contributed by atoms with Crippen molar-refractivity contribution < 1.29 is 13.2 Å². The molecule has 0 aromatic heterocycles. The molecule has 1 saturated carbocycles. The van der Waals surface area contributed by atoms with Crippen molar-refractivity contribution in [3.63, 3.8) is 0 Å². The number of carbonyl (C=O) groups excluding carboxylic acids is 1. The van der Waals surface area contributed by atoms with E-state index in [1.807, 2.05) is 13.0 Å². The molecule has 22 heavy (non-hydrogen) atoms. The molecule has 2 N–H and O–H groups in total. The summed E-state index contributed by atoms with van der Waals surface area (Å²) in [5, 5.41) is 2.73. The molecule has 0 saturated heterocycles. The first kappa shape index (κ1) is 16.5. The molecule has 2 rings (SSSR count). The zero-order chi connectivity index (χ0) is 16.0. The number of hydrogen-bond acceptors (Lipinski definition) is 3. The summed E-state index contributed by atoms with van der Waals surface area (Å²) < 4.78 is 26.7. The highest BCUT2D eigenvalue weighted by atomic mass is 32.2. The molecule has 0 unspecified atom stereocenters. The minimum atomic E-state index is -3.42. The third-order valence-electron chi connectivity index (χ3n) is 3.15. The topological polar surface area (TPSA) is 75.3 Å². The lowest BCUT2D eigenvalue weighted by Gasteiger charge is -2.07. The van der Waals surface area contributed by atoms with Crippen molar-refractivity contribution in [1.82, 2.24) is 10.0 Å². The van der Waals surface area contributed by atoms with Crippen molar-refractivity contribution in [1.29, 1.82) is 0 Å². The van der Waals surface area contributed by atoms with Crippen LogP contribution in [0, 0.1) is 0 Å². The molecule has 1 aromatic carbocycles. The Hall–Kier alpha value is -1.92. The normalized spacial score (nSPS) is 15.5. The third kappa shape index (κ3) is 5.13. The zero-order valence-electron chi connectivity index (χ0n) is 12.5. The van der Waals surface area contributed by atoms with Crippen LogP contribution in [0.1, 0.15) is 25.3 Å². The van der Waals surface area contributed by atoms with E-state index in [1.54, 1.807) is 36.4 Å². The number of allylic oxidation sites excluding steroid dienone is 3. The van der Waals surface area contributed by atoms with Crippen LogP contribution in [0.5, 0.6) is 0 Å². The second kappa shape index (κ2) is 7.38. The summed E-state index contributed by atoms with van der Waals surface area (Å²) in [4.78, 5) is 11.8. The predicted molar refractivity (Wildman–Crippen MR) is 85.6 cm³/mol. The molecular formula is C16H20N2O3S. The number of benzene rings is 1. The Labute approximate surface area is 131 Å². The molecule has 0 aliphatic heterocycles. The van der Waals surface area contributed by atoms with Crippen LogP contribution in [0.25, 0.3) is 0 Å². The number of hydrogen-bond donors (Lipinski definition) is 2. The fourth-order valence-electron chi connectivity index (χ4n) is 1.78. The summed E-state index contributed by atoms with van der Waals surface area (Å²) in [6.45, 7) is 2.23. The maximum absolute atomic E-state index is 12.0. The third-order valence-corrected chi connectivity index (χ3v) is 4.69. The molecule has 1 amide bonds. The van der Waals surface area contributed by atoms with Gasteiger partial charge in [-0.05, 0) is 37.5 Å². The quantitative estimate of drug-likeness (QED) is 0.595. The van der Waals surface area contributed by atoms with Crippen molar-refractivity contribution in [3.05, 3.63) is 54.1 Å². The summed E-state index contributed by atoms with van der Waals surface area (Å²) in [5.41, 5.74) is 0.846. The van der Waals surface area contributed by atoms with E-state index in [1.165, 1.54) is 6.08 Å². The van der Waals surface area contributed by atoms with Gasteiger partial charge in [0.05, 0.1) is 4.90 Å². The molecule has 0 heterocycles. The molecule has 1 fully saturated rings. The molecule has 5 nitrogen and oxygen atoms in total. The first-order valence-corrected chi connectivity index (χ1v) is 8.68. The SMILES string of the molecule is C/C=C/C=C\C(=O)NCc1ccc(S(=O)(=O)NC2CC2)cc1. The Morgan fingerprint density at radius 1 is 1.23 bits per heavy atom. The molecular weight excluding hydrogens is 300 g/mol. The average Bonchev–Trinajstić information content (AvgIpc) is 3.29. The molecule has 6 heteroatoms. The number of carbonyl (C=O) groups is 1.